The largest absolute Gasteiger partial charge is 0.481 e. The van der Waals surface area contributed by atoms with Gasteiger partial charge in [0.1, 0.15) is 5.82 Å². The second kappa shape index (κ2) is 5.93. The van der Waals surface area contributed by atoms with Gasteiger partial charge in [-0.2, -0.15) is 0 Å². The third-order valence-electron chi connectivity index (χ3n) is 2.97. The van der Waals surface area contributed by atoms with Gasteiger partial charge in [-0.25, -0.2) is 4.39 Å². The quantitative estimate of drug-likeness (QED) is 0.878. The molecule has 2 rings (SSSR count). The average molecular weight is 253 g/mol. The van der Waals surface area contributed by atoms with Gasteiger partial charge in [0.25, 0.3) is 0 Å². The Labute approximate surface area is 105 Å². The summed E-state index contributed by atoms with van der Waals surface area (Å²) in [4.78, 5) is 12.7. The molecule has 0 atom stereocenters. The van der Waals surface area contributed by atoms with Crippen molar-refractivity contribution in [2.45, 2.75) is 13.0 Å². The van der Waals surface area contributed by atoms with Crippen molar-refractivity contribution in [3.8, 4) is 0 Å². The number of morpholine rings is 1. The molecule has 0 unspecified atom stereocenters. The number of carboxylic acid groups (broad SMARTS) is 1. The van der Waals surface area contributed by atoms with E-state index >= 15 is 0 Å². The molecular formula is C13H16FNO3. The van der Waals surface area contributed by atoms with Gasteiger partial charge < -0.3 is 9.84 Å². The molecule has 4 nitrogen and oxygen atoms in total. The molecule has 1 aromatic carbocycles. The van der Waals surface area contributed by atoms with E-state index in [2.05, 4.69) is 4.90 Å². The van der Waals surface area contributed by atoms with Crippen molar-refractivity contribution in [3.05, 3.63) is 35.1 Å². The van der Waals surface area contributed by atoms with Gasteiger partial charge in [0.15, 0.2) is 0 Å². The van der Waals surface area contributed by atoms with Gasteiger partial charge in [0.05, 0.1) is 19.6 Å². The summed E-state index contributed by atoms with van der Waals surface area (Å²) in [5.74, 6) is -1.28. The lowest BCUT2D eigenvalue weighted by Crippen LogP contribution is -2.35. The third-order valence-corrected chi connectivity index (χ3v) is 2.97. The van der Waals surface area contributed by atoms with Crippen LogP contribution in [-0.2, 0) is 22.5 Å². The minimum absolute atomic E-state index is 0.144. The summed E-state index contributed by atoms with van der Waals surface area (Å²) in [6.07, 6.45) is -0.144. The lowest BCUT2D eigenvalue weighted by Gasteiger charge is -2.26. The van der Waals surface area contributed by atoms with Crippen LogP contribution in [0.5, 0.6) is 0 Å². The van der Waals surface area contributed by atoms with Crippen molar-refractivity contribution in [2.75, 3.05) is 26.3 Å². The number of rotatable bonds is 4. The van der Waals surface area contributed by atoms with E-state index in [1.165, 1.54) is 6.07 Å². The van der Waals surface area contributed by atoms with E-state index < -0.39 is 5.97 Å². The Morgan fingerprint density at radius 3 is 2.72 bits per heavy atom. The Balaban J connectivity index is 2.02. The molecule has 1 N–H and O–H groups in total. The first-order valence-corrected chi connectivity index (χ1v) is 5.94. The molecule has 0 radical (unpaired) electrons. The number of nitrogens with zero attached hydrogens (tertiary/aromatic N) is 1. The van der Waals surface area contributed by atoms with E-state index in [-0.39, 0.29) is 12.2 Å². The third kappa shape index (κ3) is 3.51. The molecular weight excluding hydrogens is 237 g/mol. The highest BCUT2D eigenvalue weighted by atomic mass is 19.1. The topological polar surface area (TPSA) is 49.8 Å². The zero-order chi connectivity index (χ0) is 13.0. The van der Waals surface area contributed by atoms with Crippen LogP contribution in [0.3, 0.4) is 0 Å². The predicted molar refractivity (Wildman–Crippen MR) is 63.8 cm³/mol. The summed E-state index contributed by atoms with van der Waals surface area (Å²) in [6, 6.07) is 4.65. The van der Waals surface area contributed by atoms with E-state index in [4.69, 9.17) is 9.84 Å². The van der Waals surface area contributed by atoms with Gasteiger partial charge >= 0.3 is 5.97 Å². The second-order valence-corrected chi connectivity index (χ2v) is 4.38. The Hall–Kier alpha value is -1.46. The Morgan fingerprint density at radius 1 is 1.39 bits per heavy atom. The number of ether oxygens (including phenoxy) is 1. The van der Waals surface area contributed by atoms with Crippen molar-refractivity contribution in [2.24, 2.45) is 0 Å². The summed E-state index contributed by atoms with van der Waals surface area (Å²) >= 11 is 0. The van der Waals surface area contributed by atoms with Crippen molar-refractivity contribution in [1.82, 2.24) is 4.90 Å². The van der Waals surface area contributed by atoms with Crippen LogP contribution in [-0.4, -0.2) is 42.3 Å². The van der Waals surface area contributed by atoms with Crippen LogP contribution >= 0.6 is 0 Å². The number of aliphatic carboxylic acids is 1. The summed E-state index contributed by atoms with van der Waals surface area (Å²) in [5.41, 5.74) is 1.09. The molecule has 1 fully saturated rings. The van der Waals surface area contributed by atoms with E-state index in [1.807, 2.05) is 0 Å². The molecule has 0 spiro atoms. The Kier molecular flexibility index (Phi) is 4.28. The lowest BCUT2D eigenvalue weighted by atomic mass is 10.1. The van der Waals surface area contributed by atoms with Crippen LogP contribution in [0.1, 0.15) is 11.1 Å². The van der Waals surface area contributed by atoms with Crippen molar-refractivity contribution in [3.63, 3.8) is 0 Å². The zero-order valence-electron chi connectivity index (χ0n) is 10.1. The molecule has 5 heteroatoms. The van der Waals surface area contributed by atoms with Crippen LogP contribution in [0.2, 0.25) is 0 Å². The van der Waals surface area contributed by atoms with Crippen molar-refractivity contribution >= 4 is 5.97 Å². The highest BCUT2D eigenvalue weighted by Crippen LogP contribution is 2.14. The van der Waals surface area contributed by atoms with E-state index in [0.717, 1.165) is 13.1 Å². The van der Waals surface area contributed by atoms with Crippen LogP contribution in [0.4, 0.5) is 4.39 Å². The van der Waals surface area contributed by atoms with E-state index in [1.54, 1.807) is 12.1 Å². The normalized spacial score (nSPS) is 16.7. The highest BCUT2D eigenvalue weighted by molar-refractivity contribution is 5.70. The van der Waals surface area contributed by atoms with Crippen LogP contribution in [0, 0.1) is 5.82 Å². The number of carbonyl (C=O) groups is 1. The lowest BCUT2D eigenvalue weighted by molar-refractivity contribution is -0.136. The zero-order valence-corrected chi connectivity index (χ0v) is 10.1. The van der Waals surface area contributed by atoms with Gasteiger partial charge in [-0.05, 0) is 11.6 Å². The fraction of sp³-hybridized carbons (Fsp3) is 0.462. The molecule has 1 aliphatic heterocycles. The number of benzene rings is 1. The molecule has 0 bridgehead atoms. The maximum atomic E-state index is 13.8. The second-order valence-electron chi connectivity index (χ2n) is 4.38. The predicted octanol–water partition coefficient (Wildman–Crippen LogP) is 1.29. The van der Waals surface area contributed by atoms with Crippen molar-refractivity contribution in [1.29, 1.82) is 0 Å². The van der Waals surface area contributed by atoms with E-state index in [0.29, 0.717) is 30.9 Å². The molecule has 0 aromatic heterocycles. The number of hydrogen-bond acceptors (Lipinski definition) is 3. The minimum Gasteiger partial charge on any atom is -0.481 e. The molecule has 1 aliphatic rings. The minimum atomic E-state index is -0.949. The molecule has 98 valence electrons. The van der Waals surface area contributed by atoms with Crippen LogP contribution in [0.25, 0.3) is 0 Å². The highest BCUT2D eigenvalue weighted by Gasteiger charge is 2.13. The average Bonchev–Trinajstić information content (AvgIpc) is 2.33. The SMILES string of the molecule is O=C(O)Cc1ccc(CN2CCOCC2)c(F)c1. The van der Waals surface area contributed by atoms with Crippen molar-refractivity contribution < 1.29 is 19.0 Å². The molecule has 0 aliphatic carbocycles. The summed E-state index contributed by atoms with van der Waals surface area (Å²) in [7, 11) is 0. The Bertz CT molecular complexity index is 430. The standard InChI is InChI=1S/C13H16FNO3/c14-12-7-10(8-13(16)17)1-2-11(12)9-15-3-5-18-6-4-15/h1-2,7H,3-6,8-9H2,(H,16,17). The summed E-state index contributed by atoms with van der Waals surface area (Å²) in [5, 5.41) is 8.64. The fourth-order valence-electron chi connectivity index (χ4n) is 2.00. The molecule has 0 saturated carbocycles. The first-order chi connectivity index (χ1) is 8.65. The van der Waals surface area contributed by atoms with E-state index in [9.17, 15) is 9.18 Å². The summed E-state index contributed by atoms with van der Waals surface area (Å²) < 4.78 is 19.0. The summed E-state index contributed by atoms with van der Waals surface area (Å²) in [6.45, 7) is 3.51. The van der Waals surface area contributed by atoms with Gasteiger partial charge in [-0.3, -0.25) is 9.69 Å². The first kappa shape index (κ1) is 13.0. The molecule has 18 heavy (non-hydrogen) atoms. The maximum Gasteiger partial charge on any atom is 0.307 e. The van der Waals surface area contributed by atoms with Gasteiger partial charge in [-0.15, -0.1) is 0 Å². The number of halogens is 1. The van der Waals surface area contributed by atoms with Crippen LogP contribution in [0.15, 0.2) is 18.2 Å². The van der Waals surface area contributed by atoms with Gasteiger partial charge in [-0.1, -0.05) is 12.1 Å². The number of hydrogen-bond donors (Lipinski definition) is 1. The molecule has 0 amide bonds. The van der Waals surface area contributed by atoms with Gasteiger partial charge in [0, 0.05) is 25.2 Å². The molecule has 1 saturated heterocycles. The fourth-order valence-corrected chi connectivity index (χ4v) is 2.00. The van der Waals surface area contributed by atoms with Crippen LogP contribution < -0.4 is 0 Å². The monoisotopic (exact) mass is 253 g/mol. The maximum absolute atomic E-state index is 13.8. The number of carboxylic acids is 1. The first-order valence-electron chi connectivity index (χ1n) is 5.94. The Morgan fingerprint density at radius 2 is 2.11 bits per heavy atom. The van der Waals surface area contributed by atoms with Gasteiger partial charge in [0.2, 0.25) is 0 Å². The smallest absolute Gasteiger partial charge is 0.307 e. The molecule has 1 aromatic rings. The molecule has 1 heterocycles.